The largest absolute Gasteiger partial charge is 0.391 e. The maximum absolute atomic E-state index is 13.4. The summed E-state index contributed by atoms with van der Waals surface area (Å²) in [5.41, 5.74) is 11.1. The predicted octanol–water partition coefficient (Wildman–Crippen LogP) is -2.28. The molecule has 12 heteroatoms. The van der Waals surface area contributed by atoms with Crippen molar-refractivity contribution in [3.05, 3.63) is 0 Å². The van der Waals surface area contributed by atoms with Crippen molar-refractivity contribution in [1.82, 2.24) is 15.1 Å². The molecule has 7 N–H and O–H groups in total. The van der Waals surface area contributed by atoms with Gasteiger partial charge in [-0.2, -0.15) is 0 Å². The number of rotatable bonds is 7. The molecule has 2 rings (SSSR count). The van der Waals surface area contributed by atoms with Crippen molar-refractivity contribution in [2.24, 2.45) is 11.5 Å². The van der Waals surface area contributed by atoms with Crippen molar-refractivity contribution in [3.63, 3.8) is 0 Å². The summed E-state index contributed by atoms with van der Waals surface area (Å²) >= 11 is 1.41. The number of nitrogens with zero attached hydrogens (tertiary/aromatic N) is 2. The first-order valence-corrected chi connectivity index (χ1v) is 11.3. The van der Waals surface area contributed by atoms with E-state index >= 15 is 0 Å². The summed E-state index contributed by atoms with van der Waals surface area (Å²) in [6.45, 7) is 6.66. The molecule has 4 amide bonds. The third-order valence-electron chi connectivity index (χ3n) is 5.74. The number of thioether (sulfide) groups is 1. The number of carbonyl (C=O) groups is 4. The van der Waals surface area contributed by atoms with Crippen molar-refractivity contribution < 1.29 is 29.4 Å². The van der Waals surface area contributed by atoms with Crippen LogP contribution in [0.15, 0.2) is 0 Å². The summed E-state index contributed by atoms with van der Waals surface area (Å²) in [5, 5.41) is 21.9. The van der Waals surface area contributed by atoms with Gasteiger partial charge in [-0.05, 0) is 40.5 Å². The molecule has 0 aliphatic carbocycles. The van der Waals surface area contributed by atoms with Crippen LogP contribution in [0.5, 0.6) is 0 Å². The Kier molecular flexibility index (Phi) is 7.95. The molecule has 2 saturated heterocycles. The lowest BCUT2D eigenvalue weighted by Gasteiger charge is -2.38. The third kappa shape index (κ3) is 5.30. The first kappa shape index (κ1) is 25.4. The van der Waals surface area contributed by atoms with Crippen molar-refractivity contribution in [1.29, 1.82) is 0 Å². The van der Waals surface area contributed by atoms with Gasteiger partial charge in [0.1, 0.15) is 24.2 Å². The molecular formula is C19H33N5O6S. The summed E-state index contributed by atoms with van der Waals surface area (Å²) < 4.78 is 0. The minimum Gasteiger partial charge on any atom is -0.391 e. The molecule has 11 nitrogen and oxygen atoms in total. The monoisotopic (exact) mass is 459 g/mol. The zero-order chi connectivity index (χ0) is 23.7. The van der Waals surface area contributed by atoms with Crippen LogP contribution in [0.25, 0.3) is 0 Å². The second-order valence-corrected chi connectivity index (χ2v) is 10.2. The van der Waals surface area contributed by atoms with Crippen LogP contribution in [0.4, 0.5) is 0 Å². The van der Waals surface area contributed by atoms with Crippen LogP contribution in [-0.4, -0.2) is 97.2 Å². The maximum atomic E-state index is 13.4. The molecule has 0 unspecified atom stereocenters. The average Bonchev–Trinajstić information content (AvgIpc) is 3.27. The van der Waals surface area contributed by atoms with Gasteiger partial charge in [0, 0.05) is 12.3 Å². The standard InChI is InChI=1S/C19H33N5O6S/c1-9(25)13(20)18(30)24-12(8-31-19(24,3)4)17(29)23-7-5-6-11(23)16(28)22-14(10(2)26)15(21)27/h9-14,25-26H,5-8,20H2,1-4H3,(H2,21,27)(H,22,28)/t9-,10-,11+,12+,13+,14+/m1/s1. The first-order valence-electron chi connectivity index (χ1n) is 10.3. The second kappa shape index (κ2) is 9.72. The highest BCUT2D eigenvalue weighted by Gasteiger charge is 2.51. The summed E-state index contributed by atoms with van der Waals surface area (Å²) in [7, 11) is 0. The minimum absolute atomic E-state index is 0.318. The smallest absolute Gasteiger partial charge is 0.246 e. The van der Waals surface area contributed by atoms with Gasteiger partial charge < -0.3 is 36.8 Å². The molecule has 0 saturated carbocycles. The number of amides is 4. The molecule has 176 valence electrons. The Morgan fingerprint density at radius 1 is 1.13 bits per heavy atom. The number of nitrogens with one attached hydrogen (secondary N) is 1. The van der Waals surface area contributed by atoms with E-state index in [4.69, 9.17) is 11.5 Å². The number of aliphatic hydroxyl groups excluding tert-OH is 2. The molecule has 6 atom stereocenters. The average molecular weight is 460 g/mol. The zero-order valence-electron chi connectivity index (χ0n) is 18.3. The summed E-state index contributed by atoms with van der Waals surface area (Å²) in [5.74, 6) is -2.07. The van der Waals surface area contributed by atoms with E-state index in [1.165, 1.54) is 35.4 Å². The number of aliphatic hydroxyl groups is 2. The van der Waals surface area contributed by atoms with E-state index in [9.17, 15) is 29.4 Å². The van der Waals surface area contributed by atoms with E-state index < -0.39 is 64.9 Å². The Labute approximate surface area is 185 Å². The van der Waals surface area contributed by atoms with Gasteiger partial charge in [-0.15, -0.1) is 11.8 Å². The highest BCUT2D eigenvalue weighted by Crippen LogP contribution is 2.40. The van der Waals surface area contributed by atoms with Crippen molar-refractivity contribution in [2.45, 2.75) is 81.8 Å². The van der Waals surface area contributed by atoms with Gasteiger partial charge in [-0.1, -0.05) is 0 Å². The van der Waals surface area contributed by atoms with Crippen LogP contribution in [0.1, 0.15) is 40.5 Å². The summed E-state index contributed by atoms with van der Waals surface area (Å²) in [4.78, 5) is 52.7. The molecule has 0 aromatic rings. The normalized spacial score (nSPS) is 26.8. The SMILES string of the molecule is C[C@@H](O)[C@H](N)C(=O)N1[C@H](C(=O)N2CCC[C@H]2C(=O)N[C@H](C(N)=O)[C@@H](C)O)CSC1(C)C. The highest BCUT2D eigenvalue weighted by molar-refractivity contribution is 8.00. The Morgan fingerprint density at radius 2 is 1.74 bits per heavy atom. The van der Waals surface area contributed by atoms with Crippen LogP contribution in [0.2, 0.25) is 0 Å². The van der Waals surface area contributed by atoms with Gasteiger partial charge >= 0.3 is 0 Å². The predicted molar refractivity (Wildman–Crippen MR) is 114 cm³/mol. The lowest BCUT2D eigenvalue weighted by Crippen LogP contribution is -2.61. The molecule has 31 heavy (non-hydrogen) atoms. The quantitative estimate of drug-likeness (QED) is 0.282. The Morgan fingerprint density at radius 3 is 2.26 bits per heavy atom. The molecule has 0 radical (unpaired) electrons. The molecule has 0 bridgehead atoms. The lowest BCUT2D eigenvalue weighted by molar-refractivity contribution is -0.150. The van der Waals surface area contributed by atoms with Crippen molar-refractivity contribution >= 4 is 35.4 Å². The number of carbonyl (C=O) groups excluding carboxylic acids is 4. The number of hydrogen-bond acceptors (Lipinski definition) is 8. The van der Waals surface area contributed by atoms with Crippen LogP contribution in [0, 0.1) is 0 Å². The van der Waals surface area contributed by atoms with E-state index in [1.807, 2.05) is 0 Å². The number of nitrogens with two attached hydrogens (primary N) is 2. The molecule has 0 aromatic carbocycles. The van der Waals surface area contributed by atoms with Gasteiger partial charge in [0.05, 0.1) is 17.1 Å². The maximum Gasteiger partial charge on any atom is 0.246 e. The number of hydrogen-bond donors (Lipinski definition) is 5. The van der Waals surface area contributed by atoms with Gasteiger partial charge in [0.25, 0.3) is 0 Å². The fourth-order valence-electron chi connectivity index (χ4n) is 3.94. The topological polar surface area (TPSA) is 179 Å². The van der Waals surface area contributed by atoms with E-state index in [0.717, 1.165) is 0 Å². The molecular weight excluding hydrogens is 426 g/mol. The molecule has 2 heterocycles. The second-order valence-electron chi connectivity index (χ2n) is 8.57. The molecule has 2 fully saturated rings. The van der Waals surface area contributed by atoms with Gasteiger partial charge in [-0.25, -0.2) is 0 Å². The number of primary amides is 1. The van der Waals surface area contributed by atoms with E-state index in [0.29, 0.717) is 25.1 Å². The van der Waals surface area contributed by atoms with Crippen LogP contribution < -0.4 is 16.8 Å². The van der Waals surface area contributed by atoms with Gasteiger partial charge in [-0.3, -0.25) is 19.2 Å². The van der Waals surface area contributed by atoms with Crippen molar-refractivity contribution in [3.8, 4) is 0 Å². The molecule has 0 spiro atoms. The molecule has 2 aliphatic heterocycles. The first-order chi connectivity index (χ1) is 14.3. The Balaban J connectivity index is 2.22. The zero-order valence-corrected chi connectivity index (χ0v) is 19.1. The van der Waals surface area contributed by atoms with E-state index in [-0.39, 0.29) is 0 Å². The Hall–Kier alpha value is -1.89. The van der Waals surface area contributed by atoms with Crippen LogP contribution >= 0.6 is 11.8 Å². The third-order valence-corrected chi connectivity index (χ3v) is 7.12. The lowest BCUT2D eigenvalue weighted by atomic mass is 10.1. The number of likely N-dealkylation sites (tertiary alicyclic amines) is 1. The van der Waals surface area contributed by atoms with Crippen LogP contribution in [-0.2, 0) is 19.2 Å². The fourth-order valence-corrected chi connectivity index (χ4v) is 5.16. The van der Waals surface area contributed by atoms with Gasteiger partial charge in [0.2, 0.25) is 23.6 Å². The molecule has 2 aliphatic rings. The fraction of sp³-hybridized carbons (Fsp3) is 0.789. The van der Waals surface area contributed by atoms with E-state index in [1.54, 1.807) is 13.8 Å². The Bertz CT molecular complexity index is 731. The van der Waals surface area contributed by atoms with Crippen LogP contribution in [0.3, 0.4) is 0 Å². The van der Waals surface area contributed by atoms with Crippen molar-refractivity contribution in [2.75, 3.05) is 12.3 Å². The summed E-state index contributed by atoms with van der Waals surface area (Å²) in [6.07, 6.45) is -1.31. The van der Waals surface area contributed by atoms with E-state index in [2.05, 4.69) is 5.32 Å². The summed E-state index contributed by atoms with van der Waals surface area (Å²) in [6, 6.07) is -4.12. The van der Waals surface area contributed by atoms with Gasteiger partial charge in [0.15, 0.2) is 0 Å². The highest BCUT2D eigenvalue weighted by atomic mass is 32.2. The molecule has 0 aromatic heterocycles. The minimum atomic E-state index is -1.27.